The van der Waals surface area contributed by atoms with Gasteiger partial charge in [0.1, 0.15) is 5.78 Å². The summed E-state index contributed by atoms with van der Waals surface area (Å²) in [4.78, 5) is 11.1. The van der Waals surface area contributed by atoms with Crippen molar-refractivity contribution >= 4 is 5.78 Å². The van der Waals surface area contributed by atoms with Gasteiger partial charge < -0.3 is 4.74 Å². The fourth-order valence-corrected chi connectivity index (χ4v) is 1.53. The van der Waals surface area contributed by atoms with Crippen LogP contribution in [0.25, 0.3) is 0 Å². The van der Waals surface area contributed by atoms with E-state index >= 15 is 0 Å². The Hall–Kier alpha value is -1.15. The molecule has 0 fully saturated rings. The topological polar surface area (TPSA) is 26.3 Å². The quantitative estimate of drug-likeness (QED) is 0.657. The Labute approximate surface area is 97.6 Å². The molecule has 1 unspecified atom stereocenters. The Kier molecular flexibility index (Phi) is 5.79. The van der Waals surface area contributed by atoms with Crippen molar-refractivity contribution in [3.63, 3.8) is 0 Å². The summed E-state index contributed by atoms with van der Waals surface area (Å²) in [6.45, 7) is 4.59. The van der Waals surface area contributed by atoms with Gasteiger partial charge in [-0.25, -0.2) is 0 Å². The molecule has 1 aromatic rings. The highest BCUT2D eigenvalue weighted by molar-refractivity contribution is 5.77. The van der Waals surface area contributed by atoms with Gasteiger partial charge in [-0.15, -0.1) is 0 Å². The minimum absolute atomic E-state index is 0.109. The molecule has 1 rings (SSSR count). The van der Waals surface area contributed by atoms with Crippen LogP contribution in [0.2, 0.25) is 0 Å². The van der Waals surface area contributed by atoms with Gasteiger partial charge in [0, 0.05) is 19.4 Å². The van der Waals surface area contributed by atoms with Crippen LogP contribution in [-0.4, -0.2) is 12.4 Å². The van der Waals surface area contributed by atoms with Crippen LogP contribution in [0, 0.1) is 0 Å². The van der Waals surface area contributed by atoms with Gasteiger partial charge >= 0.3 is 0 Å². The normalized spacial score (nSPS) is 12.4. The fraction of sp³-hybridized carbons (Fsp3) is 0.500. The number of rotatable bonds is 7. The first-order valence-electron chi connectivity index (χ1n) is 5.92. The SMILES string of the molecule is CCC(=O)CCCOC(C)c1ccccc1. The molecule has 0 saturated heterocycles. The minimum Gasteiger partial charge on any atom is -0.374 e. The van der Waals surface area contributed by atoms with Crippen molar-refractivity contribution in [3.05, 3.63) is 35.9 Å². The van der Waals surface area contributed by atoms with Crippen molar-refractivity contribution in [1.82, 2.24) is 0 Å². The number of carbonyl (C=O) groups excluding carboxylic acids is 1. The van der Waals surface area contributed by atoms with Gasteiger partial charge in [-0.1, -0.05) is 37.3 Å². The van der Waals surface area contributed by atoms with Crippen molar-refractivity contribution < 1.29 is 9.53 Å². The monoisotopic (exact) mass is 220 g/mol. The van der Waals surface area contributed by atoms with E-state index in [1.165, 1.54) is 5.56 Å². The van der Waals surface area contributed by atoms with Crippen molar-refractivity contribution in [2.45, 2.75) is 39.2 Å². The van der Waals surface area contributed by atoms with Gasteiger partial charge in [0.15, 0.2) is 0 Å². The number of hydrogen-bond donors (Lipinski definition) is 0. The minimum atomic E-state index is 0.109. The Morgan fingerprint density at radius 1 is 1.31 bits per heavy atom. The summed E-state index contributed by atoms with van der Waals surface area (Å²) in [6, 6.07) is 10.1. The molecule has 2 nitrogen and oxygen atoms in total. The number of ketones is 1. The zero-order valence-electron chi connectivity index (χ0n) is 10.1. The molecule has 1 aromatic carbocycles. The second-order valence-corrected chi connectivity index (χ2v) is 3.92. The molecular weight excluding hydrogens is 200 g/mol. The van der Waals surface area contributed by atoms with Crippen LogP contribution >= 0.6 is 0 Å². The molecule has 0 aliphatic rings. The molecule has 16 heavy (non-hydrogen) atoms. The third-order valence-electron chi connectivity index (χ3n) is 2.63. The summed E-state index contributed by atoms with van der Waals surface area (Å²) in [5, 5.41) is 0. The fourth-order valence-electron chi connectivity index (χ4n) is 1.53. The Morgan fingerprint density at radius 3 is 2.62 bits per heavy atom. The number of Topliss-reactive ketones (excluding diaryl/α,β-unsaturated/α-hetero) is 1. The van der Waals surface area contributed by atoms with Crippen LogP contribution in [0.3, 0.4) is 0 Å². The van der Waals surface area contributed by atoms with E-state index in [4.69, 9.17) is 4.74 Å². The molecule has 1 atom stereocenters. The van der Waals surface area contributed by atoms with Crippen LogP contribution in [0.15, 0.2) is 30.3 Å². The second-order valence-electron chi connectivity index (χ2n) is 3.92. The molecule has 0 heterocycles. The maximum Gasteiger partial charge on any atom is 0.132 e. The van der Waals surface area contributed by atoms with Gasteiger partial charge in [-0.2, -0.15) is 0 Å². The standard InChI is InChI=1S/C14H20O2/c1-3-14(15)10-7-11-16-12(2)13-8-5-4-6-9-13/h4-6,8-9,12H,3,7,10-11H2,1-2H3. The molecule has 0 aliphatic carbocycles. The van der Waals surface area contributed by atoms with Crippen LogP contribution in [0.1, 0.15) is 44.8 Å². The van der Waals surface area contributed by atoms with E-state index in [0.29, 0.717) is 25.2 Å². The highest BCUT2D eigenvalue weighted by Gasteiger charge is 2.05. The third kappa shape index (κ3) is 4.58. The van der Waals surface area contributed by atoms with E-state index < -0.39 is 0 Å². The molecule has 0 amide bonds. The largest absolute Gasteiger partial charge is 0.374 e. The van der Waals surface area contributed by atoms with E-state index in [0.717, 1.165) is 6.42 Å². The lowest BCUT2D eigenvalue weighted by molar-refractivity contribution is -0.119. The first-order chi connectivity index (χ1) is 7.74. The van der Waals surface area contributed by atoms with Crippen LogP contribution in [0.4, 0.5) is 0 Å². The van der Waals surface area contributed by atoms with E-state index in [2.05, 4.69) is 12.1 Å². The Balaban J connectivity index is 2.21. The Bertz CT molecular complexity index is 306. The third-order valence-corrected chi connectivity index (χ3v) is 2.63. The summed E-state index contributed by atoms with van der Waals surface area (Å²) in [6.07, 6.45) is 2.20. The van der Waals surface area contributed by atoms with Gasteiger partial charge in [0.25, 0.3) is 0 Å². The van der Waals surface area contributed by atoms with Gasteiger partial charge in [0.2, 0.25) is 0 Å². The smallest absolute Gasteiger partial charge is 0.132 e. The molecule has 0 bridgehead atoms. The van der Waals surface area contributed by atoms with E-state index in [1.54, 1.807) is 0 Å². The van der Waals surface area contributed by atoms with Crippen molar-refractivity contribution in [2.24, 2.45) is 0 Å². The molecule has 0 saturated carbocycles. The number of hydrogen-bond acceptors (Lipinski definition) is 2. The second kappa shape index (κ2) is 7.18. The van der Waals surface area contributed by atoms with Crippen molar-refractivity contribution in [1.29, 1.82) is 0 Å². The maximum atomic E-state index is 11.1. The molecule has 0 N–H and O–H groups in total. The van der Waals surface area contributed by atoms with Gasteiger partial charge in [0.05, 0.1) is 6.10 Å². The molecule has 88 valence electrons. The number of benzene rings is 1. The average Bonchev–Trinajstić information content (AvgIpc) is 2.35. The number of carbonyl (C=O) groups is 1. The molecule has 0 aliphatic heterocycles. The summed E-state index contributed by atoms with van der Waals surface area (Å²) >= 11 is 0. The van der Waals surface area contributed by atoms with Gasteiger partial charge in [-0.05, 0) is 18.9 Å². The predicted octanol–water partition coefficient (Wildman–Crippen LogP) is 3.52. The molecule has 2 heteroatoms. The maximum absolute atomic E-state index is 11.1. The van der Waals surface area contributed by atoms with Crippen molar-refractivity contribution in [2.75, 3.05) is 6.61 Å². The molecule has 0 radical (unpaired) electrons. The van der Waals surface area contributed by atoms with Crippen LogP contribution in [0.5, 0.6) is 0 Å². The Morgan fingerprint density at radius 2 is 2.00 bits per heavy atom. The van der Waals surface area contributed by atoms with Gasteiger partial charge in [-0.3, -0.25) is 4.79 Å². The van der Waals surface area contributed by atoms with E-state index in [9.17, 15) is 4.79 Å². The van der Waals surface area contributed by atoms with Crippen molar-refractivity contribution in [3.8, 4) is 0 Å². The summed E-state index contributed by atoms with van der Waals surface area (Å²) in [5.41, 5.74) is 1.18. The highest BCUT2D eigenvalue weighted by atomic mass is 16.5. The lowest BCUT2D eigenvalue weighted by Crippen LogP contribution is -2.04. The lowest BCUT2D eigenvalue weighted by Gasteiger charge is -2.12. The van der Waals surface area contributed by atoms with Crippen LogP contribution in [-0.2, 0) is 9.53 Å². The molecule has 0 aromatic heterocycles. The lowest BCUT2D eigenvalue weighted by atomic mass is 10.1. The predicted molar refractivity (Wildman–Crippen MR) is 65.3 cm³/mol. The first-order valence-corrected chi connectivity index (χ1v) is 5.92. The first kappa shape index (κ1) is 12.9. The summed E-state index contributed by atoms with van der Waals surface area (Å²) in [5.74, 6) is 0.316. The number of ether oxygens (including phenoxy) is 1. The zero-order valence-corrected chi connectivity index (χ0v) is 10.1. The van der Waals surface area contributed by atoms with Crippen LogP contribution < -0.4 is 0 Å². The molecule has 0 spiro atoms. The van der Waals surface area contributed by atoms with E-state index in [1.807, 2.05) is 32.0 Å². The average molecular weight is 220 g/mol. The highest BCUT2D eigenvalue weighted by Crippen LogP contribution is 2.16. The van der Waals surface area contributed by atoms with E-state index in [-0.39, 0.29) is 6.10 Å². The summed E-state index contributed by atoms with van der Waals surface area (Å²) < 4.78 is 5.67. The molecular formula is C14H20O2. The summed E-state index contributed by atoms with van der Waals surface area (Å²) in [7, 11) is 0. The zero-order chi connectivity index (χ0) is 11.8.